The highest BCUT2D eigenvalue weighted by Gasteiger charge is 2.34. The van der Waals surface area contributed by atoms with Gasteiger partial charge in [0.05, 0.1) is 6.54 Å². The minimum atomic E-state index is 0.116. The van der Waals surface area contributed by atoms with E-state index >= 15 is 0 Å². The number of hydrogen-bond acceptors (Lipinski definition) is 5. The van der Waals surface area contributed by atoms with Crippen LogP contribution in [0.4, 0.5) is 0 Å². The average Bonchev–Trinajstić information content (AvgIpc) is 2.68. The van der Waals surface area contributed by atoms with Gasteiger partial charge in [0.1, 0.15) is 0 Å². The van der Waals surface area contributed by atoms with Crippen LogP contribution in [-0.4, -0.2) is 101 Å². The molecular formula is C20H41N5O2. The first-order chi connectivity index (χ1) is 13.1. The molecule has 2 aliphatic heterocycles. The van der Waals surface area contributed by atoms with Gasteiger partial charge in [0.2, 0.25) is 0 Å². The van der Waals surface area contributed by atoms with Gasteiger partial charge >= 0.3 is 0 Å². The Hall–Kier alpha value is -0.890. The molecule has 158 valence electrons. The van der Waals surface area contributed by atoms with Gasteiger partial charge in [-0.25, -0.2) is 0 Å². The molecule has 2 saturated heterocycles. The number of methoxy groups -OCH3 is 1. The number of nitrogens with one attached hydrogen (secondary N) is 2. The Balaban J connectivity index is 1.85. The molecule has 0 spiro atoms. The summed E-state index contributed by atoms with van der Waals surface area (Å²) >= 11 is 0. The molecule has 0 bridgehead atoms. The molecule has 0 saturated carbocycles. The fourth-order valence-electron chi connectivity index (χ4n) is 3.97. The molecule has 0 aliphatic carbocycles. The van der Waals surface area contributed by atoms with E-state index in [1.807, 2.05) is 0 Å². The average molecular weight is 384 g/mol. The van der Waals surface area contributed by atoms with E-state index in [9.17, 15) is 0 Å². The van der Waals surface area contributed by atoms with E-state index < -0.39 is 0 Å². The van der Waals surface area contributed by atoms with Crippen molar-refractivity contribution in [1.82, 2.24) is 20.4 Å². The topological polar surface area (TPSA) is 61.4 Å². The second-order valence-corrected chi connectivity index (χ2v) is 8.03. The number of ether oxygens (including phenoxy) is 2. The highest BCUT2D eigenvalue weighted by molar-refractivity contribution is 5.80. The molecule has 0 radical (unpaired) electrons. The maximum atomic E-state index is 5.58. The normalized spacial score (nSPS) is 22.2. The zero-order valence-corrected chi connectivity index (χ0v) is 17.9. The van der Waals surface area contributed by atoms with E-state index in [4.69, 9.17) is 14.5 Å². The Kier molecular flexibility index (Phi) is 9.82. The lowest BCUT2D eigenvalue weighted by Gasteiger charge is -2.42. The van der Waals surface area contributed by atoms with Crippen LogP contribution in [0.25, 0.3) is 0 Å². The van der Waals surface area contributed by atoms with Crippen molar-refractivity contribution in [3.05, 3.63) is 0 Å². The Bertz CT molecular complexity index is 430. The highest BCUT2D eigenvalue weighted by Crippen LogP contribution is 2.26. The van der Waals surface area contributed by atoms with Crippen molar-refractivity contribution in [2.45, 2.75) is 50.6 Å². The molecule has 2 rings (SSSR count). The number of aliphatic imine (C=N–C) groups is 1. The first-order valence-electron chi connectivity index (χ1n) is 10.6. The molecule has 2 N–H and O–H groups in total. The van der Waals surface area contributed by atoms with Crippen molar-refractivity contribution in [2.75, 3.05) is 73.7 Å². The number of hydrogen-bond donors (Lipinski definition) is 2. The number of likely N-dealkylation sites (N-methyl/N-ethyl adjacent to an activating group) is 1. The largest absolute Gasteiger partial charge is 0.385 e. The van der Waals surface area contributed by atoms with E-state index in [0.29, 0.717) is 6.04 Å². The lowest BCUT2D eigenvalue weighted by Crippen LogP contribution is -2.53. The Morgan fingerprint density at radius 1 is 1.26 bits per heavy atom. The van der Waals surface area contributed by atoms with Crippen molar-refractivity contribution in [1.29, 1.82) is 0 Å². The zero-order chi connectivity index (χ0) is 19.5. The third kappa shape index (κ3) is 7.22. The monoisotopic (exact) mass is 383 g/mol. The Morgan fingerprint density at radius 2 is 1.96 bits per heavy atom. The summed E-state index contributed by atoms with van der Waals surface area (Å²) in [7, 11) is 6.11. The van der Waals surface area contributed by atoms with Gasteiger partial charge in [-0.3, -0.25) is 4.99 Å². The smallest absolute Gasteiger partial charge is 0.191 e. The summed E-state index contributed by atoms with van der Waals surface area (Å²) in [5, 5.41) is 7.12. The number of piperidine rings is 1. The molecule has 7 heteroatoms. The first kappa shape index (κ1) is 22.4. The van der Waals surface area contributed by atoms with Crippen molar-refractivity contribution in [3.63, 3.8) is 0 Å². The van der Waals surface area contributed by atoms with Crippen LogP contribution in [-0.2, 0) is 9.47 Å². The summed E-state index contributed by atoms with van der Waals surface area (Å²) in [6.45, 7) is 9.80. The summed E-state index contributed by atoms with van der Waals surface area (Å²) in [6, 6.07) is 0.506. The zero-order valence-electron chi connectivity index (χ0n) is 17.9. The molecular weight excluding hydrogens is 342 g/mol. The van der Waals surface area contributed by atoms with Crippen molar-refractivity contribution >= 4 is 5.96 Å². The molecule has 27 heavy (non-hydrogen) atoms. The van der Waals surface area contributed by atoms with Gasteiger partial charge in [-0.05, 0) is 53.1 Å². The van der Waals surface area contributed by atoms with Crippen LogP contribution in [0.15, 0.2) is 4.99 Å². The molecule has 0 amide bonds. The van der Waals surface area contributed by atoms with Gasteiger partial charge in [-0.15, -0.1) is 0 Å². The minimum absolute atomic E-state index is 0.116. The van der Waals surface area contributed by atoms with Crippen LogP contribution in [0.3, 0.4) is 0 Å². The summed E-state index contributed by atoms with van der Waals surface area (Å²) in [4.78, 5) is 9.85. The van der Waals surface area contributed by atoms with Crippen LogP contribution in [0.2, 0.25) is 0 Å². The van der Waals surface area contributed by atoms with Gasteiger partial charge in [0.25, 0.3) is 0 Å². The van der Waals surface area contributed by atoms with Crippen LogP contribution < -0.4 is 10.6 Å². The van der Waals surface area contributed by atoms with Crippen molar-refractivity contribution in [3.8, 4) is 0 Å². The molecule has 2 heterocycles. The van der Waals surface area contributed by atoms with E-state index in [1.54, 1.807) is 7.11 Å². The summed E-state index contributed by atoms with van der Waals surface area (Å²) < 4.78 is 10.7. The lowest BCUT2D eigenvalue weighted by atomic mass is 9.89. The molecule has 0 aromatic rings. The van der Waals surface area contributed by atoms with Gasteiger partial charge in [0.15, 0.2) is 5.96 Å². The SMILES string of the molecule is CCNC(=NCC1(N(C)C)CCOCC1)NC1CCN(CCCOC)CC1. The Labute approximate surface area is 165 Å². The standard InChI is InChI=1S/C20H41N5O2/c1-5-21-19(22-17-20(24(2)3)9-15-27-16-10-20)23-18-7-12-25(13-8-18)11-6-14-26-4/h18H,5-17H2,1-4H3,(H2,21,22,23). The molecule has 7 nitrogen and oxygen atoms in total. The van der Waals surface area contributed by atoms with Crippen molar-refractivity contribution < 1.29 is 9.47 Å². The predicted molar refractivity (Wildman–Crippen MR) is 112 cm³/mol. The molecule has 0 atom stereocenters. The summed E-state index contributed by atoms with van der Waals surface area (Å²) in [5.41, 5.74) is 0.116. The number of likely N-dealkylation sites (tertiary alicyclic amines) is 1. The molecule has 2 fully saturated rings. The fourth-order valence-corrected chi connectivity index (χ4v) is 3.97. The Morgan fingerprint density at radius 3 is 2.56 bits per heavy atom. The maximum absolute atomic E-state index is 5.58. The number of guanidine groups is 1. The second kappa shape index (κ2) is 11.8. The highest BCUT2D eigenvalue weighted by atomic mass is 16.5. The van der Waals surface area contributed by atoms with E-state index in [2.05, 4.69) is 41.5 Å². The van der Waals surface area contributed by atoms with Crippen LogP contribution in [0, 0.1) is 0 Å². The van der Waals surface area contributed by atoms with E-state index in [-0.39, 0.29) is 5.54 Å². The van der Waals surface area contributed by atoms with Gasteiger partial charge in [-0.2, -0.15) is 0 Å². The molecule has 2 aliphatic rings. The van der Waals surface area contributed by atoms with E-state index in [0.717, 1.165) is 77.8 Å². The maximum Gasteiger partial charge on any atom is 0.191 e. The molecule has 0 unspecified atom stereocenters. The van der Waals surface area contributed by atoms with E-state index in [1.165, 1.54) is 12.8 Å². The predicted octanol–water partition coefficient (Wildman–Crippen LogP) is 1.15. The summed E-state index contributed by atoms with van der Waals surface area (Å²) in [5.74, 6) is 0.961. The quantitative estimate of drug-likeness (QED) is 0.354. The fraction of sp³-hybridized carbons (Fsp3) is 0.950. The van der Waals surface area contributed by atoms with Gasteiger partial charge < -0.3 is 29.9 Å². The lowest BCUT2D eigenvalue weighted by molar-refractivity contribution is -0.00256. The van der Waals surface area contributed by atoms with Crippen LogP contribution in [0.1, 0.15) is 39.0 Å². The third-order valence-corrected chi connectivity index (χ3v) is 6.00. The number of nitrogens with zero attached hydrogens (tertiary/aromatic N) is 3. The number of rotatable bonds is 9. The minimum Gasteiger partial charge on any atom is -0.385 e. The van der Waals surface area contributed by atoms with Crippen molar-refractivity contribution in [2.24, 2.45) is 4.99 Å². The summed E-state index contributed by atoms with van der Waals surface area (Å²) in [6.07, 6.45) is 5.55. The molecule has 0 aromatic heterocycles. The molecule has 0 aromatic carbocycles. The van der Waals surface area contributed by atoms with Crippen LogP contribution >= 0.6 is 0 Å². The van der Waals surface area contributed by atoms with Gasteiger partial charge in [0, 0.05) is 64.7 Å². The van der Waals surface area contributed by atoms with Crippen LogP contribution in [0.5, 0.6) is 0 Å². The second-order valence-electron chi connectivity index (χ2n) is 8.03. The third-order valence-electron chi connectivity index (χ3n) is 6.00. The van der Waals surface area contributed by atoms with Gasteiger partial charge in [-0.1, -0.05) is 0 Å². The first-order valence-corrected chi connectivity index (χ1v) is 10.6.